The van der Waals surface area contributed by atoms with Gasteiger partial charge >= 0.3 is 11.7 Å². The third-order valence-electron chi connectivity index (χ3n) is 5.42. The normalized spacial score (nSPS) is 12.8. The molecule has 36 heavy (non-hydrogen) atoms. The van der Waals surface area contributed by atoms with Crippen LogP contribution < -0.4 is 4.72 Å². The molecule has 0 aliphatic carbocycles. The van der Waals surface area contributed by atoms with Crippen LogP contribution in [0.1, 0.15) is 35.6 Å². The summed E-state index contributed by atoms with van der Waals surface area (Å²) in [6.07, 6.45) is 0. The van der Waals surface area contributed by atoms with E-state index in [0.29, 0.717) is 16.1 Å². The Labute approximate surface area is 214 Å². The van der Waals surface area contributed by atoms with E-state index in [4.69, 9.17) is 16.3 Å². The highest BCUT2D eigenvalue weighted by Gasteiger charge is 2.43. The molecule has 0 spiro atoms. The van der Waals surface area contributed by atoms with E-state index in [1.54, 1.807) is 66.7 Å². The van der Waals surface area contributed by atoms with E-state index in [1.165, 1.54) is 19.1 Å². The summed E-state index contributed by atoms with van der Waals surface area (Å²) in [5.41, 5.74) is 10.3. The first-order valence-electron chi connectivity index (χ1n) is 11.0. The van der Waals surface area contributed by atoms with E-state index in [1.807, 2.05) is 6.92 Å². The van der Waals surface area contributed by atoms with Gasteiger partial charge in [-0.1, -0.05) is 71.8 Å². The van der Waals surface area contributed by atoms with Crippen molar-refractivity contribution in [2.75, 3.05) is 6.61 Å². The smallest absolute Gasteiger partial charge is 0.442 e. The second-order valence-electron chi connectivity index (χ2n) is 7.89. The Morgan fingerprint density at radius 2 is 1.58 bits per heavy atom. The van der Waals surface area contributed by atoms with Crippen LogP contribution in [-0.4, -0.2) is 37.3 Å². The summed E-state index contributed by atoms with van der Waals surface area (Å²) in [5.74, 6) is -3.33. The molecule has 8 nitrogen and oxygen atoms in total. The second kappa shape index (κ2) is 11.9. The first-order chi connectivity index (χ1) is 17.2. The molecule has 0 amide bonds. The van der Waals surface area contributed by atoms with Crippen molar-refractivity contribution in [3.05, 3.63) is 106 Å². The van der Waals surface area contributed by atoms with Gasteiger partial charge in [-0.25, -0.2) is 17.9 Å². The van der Waals surface area contributed by atoms with Gasteiger partial charge in [0.05, 0.1) is 23.5 Å². The van der Waals surface area contributed by atoms with Crippen molar-refractivity contribution in [3.8, 4) is 0 Å². The number of carbonyl (C=O) groups is 2. The summed E-state index contributed by atoms with van der Waals surface area (Å²) in [5, 5.41) is 0.408. The highest BCUT2D eigenvalue weighted by molar-refractivity contribution is 7.89. The van der Waals surface area contributed by atoms with E-state index in [2.05, 4.69) is 9.51 Å². The first-order valence-corrected chi connectivity index (χ1v) is 12.9. The van der Waals surface area contributed by atoms with Gasteiger partial charge < -0.3 is 10.3 Å². The van der Waals surface area contributed by atoms with Gasteiger partial charge in [0.15, 0.2) is 0 Å². The number of ketones is 1. The standard InChI is InChI=1S/C26H24ClN3O5S/c1-3-35-26(32)24(29-28)25(31)22(18-7-5-4-6-8-18)23(19-11-13-20(27)14-12-19)30-36(33,34)21-15-9-17(2)10-16-21/h4-16,22-23,30H,3H2,1-2H3. The lowest BCUT2D eigenvalue weighted by Crippen LogP contribution is -2.40. The lowest BCUT2D eigenvalue weighted by atomic mass is 9.83. The Hall–Kier alpha value is -3.62. The summed E-state index contributed by atoms with van der Waals surface area (Å²) in [4.78, 5) is 29.0. The quantitative estimate of drug-likeness (QED) is 0.139. The number of carbonyl (C=O) groups excluding carboxylic acids is 2. The van der Waals surface area contributed by atoms with Crippen LogP contribution in [0.5, 0.6) is 0 Å². The van der Waals surface area contributed by atoms with Crippen LogP contribution in [0.3, 0.4) is 0 Å². The van der Waals surface area contributed by atoms with Gasteiger partial charge in [-0.15, -0.1) is 0 Å². The minimum Gasteiger partial charge on any atom is -0.457 e. The van der Waals surface area contributed by atoms with Crippen molar-refractivity contribution in [2.24, 2.45) is 0 Å². The molecule has 0 saturated heterocycles. The van der Waals surface area contributed by atoms with Gasteiger partial charge in [0.2, 0.25) is 10.0 Å². The van der Waals surface area contributed by atoms with E-state index in [9.17, 15) is 23.5 Å². The molecule has 2 atom stereocenters. The number of rotatable bonds is 10. The van der Waals surface area contributed by atoms with E-state index < -0.39 is 39.4 Å². The van der Waals surface area contributed by atoms with Gasteiger partial charge in [-0.3, -0.25) is 4.79 Å². The summed E-state index contributed by atoms with van der Waals surface area (Å²) < 4.78 is 34.3. The molecule has 0 bridgehead atoms. The largest absolute Gasteiger partial charge is 0.457 e. The van der Waals surface area contributed by atoms with Gasteiger partial charge in [-0.2, -0.15) is 4.79 Å². The Morgan fingerprint density at radius 1 is 0.972 bits per heavy atom. The maximum atomic E-state index is 13.7. The van der Waals surface area contributed by atoms with Crippen LogP contribution in [0.2, 0.25) is 5.02 Å². The molecule has 0 aromatic heterocycles. The number of halogens is 1. The molecule has 3 aromatic carbocycles. The fourth-order valence-corrected chi connectivity index (χ4v) is 5.01. The third-order valence-corrected chi connectivity index (χ3v) is 7.13. The van der Waals surface area contributed by atoms with Gasteiger partial charge in [-0.05, 0) is 49.2 Å². The highest BCUT2D eigenvalue weighted by atomic mass is 35.5. The van der Waals surface area contributed by atoms with Gasteiger partial charge in [0, 0.05) is 5.02 Å². The molecule has 0 saturated carbocycles. The number of Topliss-reactive ketones (excluding diaryl/α,β-unsaturated/α-hetero) is 1. The summed E-state index contributed by atoms with van der Waals surface area (Å²) in [6, 6.07) is 19.6. The predicted octanol–water partition coefficient (Wildman–Crippen LogP) is 4.25. The number of nitrogens with one attached hydrogen (secondary N) is 1. The lowest BCUT2D eigenvalue weighted by Gasteiger charge is -2.27. The van der Waals surface area contributed by atoms with Crippen LogP contribution in [0.25, 0.3) is 5.53 Å². The van der Waals surface area contributed by atoms with E-state index in [0.717, 1.165) is 5.56 Å². The van der Waals surface area contributed by atoms with Crippen molar-refractivity contribution >= 4 is 39.1 Å². The fraction of sp³-hybridized carbons (Fsp3) is 0.192. The zero-order chi connectivity index (χ0) is 26.3. The molecule has 10 heteroatoms. The van der Waals surface area contributed by atoms with Crippen LogP contribution in [-0.2, 0) is 24.3 Å². The maximum absolute atomic E-state index is 13.7. The molecule has 0 fully saturated rings. The first kappa shape index (κ1) is 27.0. The zero-order valence-electron chi connectivity index (χ0n) is 19.6. The number of nitrogens with zero attached hydrogens (tertiary/aromatic N) is 2. The number of aryl methyl sites for hydroxylation is 1. The van der Waals surface area contributed by atoms with Crippen LogP contribution >= 0.6 is 11.6 Å². The minimum absolute atomic E-state index is 0.00670. The minimum atomic E-state index is -4.14. The predicted molar refractivity (Wildman–Crippen MR) is 135 cm³/mol. The van der Waals surface area contributed by atoms with Crippen LogP contribution in [0.4, 0.5) is 0 Å². The zero-order valence-corrected chi connectivity index (χ0v) is 21.2. The Kier molecular flexibility index (Phi) is 8.90. The SMILES string of the molecule is CCOC(=O)C(=[N+]=[N-])C(=O)C(c1ccccc1)C(NS(=O)(=O)c1ccc(C)cc1)c1ccc(Cl)cc1. The topological polar surface area (TPSA) is 126 Å². The van der Waals surface area contributed by atoms with Crippen molar-refractivity contribution < 1.29 is 27.5 Å². The molecule has 186 valence electrons. The molecule has 0 radical (unpaired) electrons. The van der Waals surface area contributed by atoms with Crippen LogP contribution in [0, 0.1) is 6.92 Å². The summed E-state index contributed by atoms with van der Waals surface area (Å²) in [7, 11) is -4.14. The summed E-state index contributed by atoms with van der Waals surface area (Å²) in [6.45, 7) is 3.32. The number of hydrogen-bond donors (Lipinski definition) is 1. The molecule has 1 N–H and O–H groups in total. The Bertz CT molecular complexity index is 1390. The molecule has 3 rings (SSSR count). The Balaban J connectivity index is 2.20. The molecular weight excluding hydrogens is 502 g/mol. The number of hydrogen-bond acceptors (Lipinski definition) is 5. The van der Waals surface area contributed by atoms with Crippen molar-refractivity contribution in [2.45, 2.75) is 30.7 Å². The maximum Gasteiger partial charge on any atom is 0.442 e. The van der Waals surface area contributed by atoms with Crippen LogP contribution in [0.15, 0.2) is 83.8 Å². The lowest BCUT2D eigenvalue weighted by molar-refractivity contribution is -0.142. The van der Waals surface area contributed by atoms with Crippen molar-refractivity contribution in [3.63, 3.8) is 0 Å². The van der Waals surface area contributed by atoms with E-state index >= 15 is 0 Å². The molecule has 3 aromatic rings. The summed E-state index contributed by atoms with van der Waals surface area (Å²) >= 11 is 6.05. The number of sulfonamides is 1. The van der Waals surface area contributed by atoms with Crippen molar-refractivity contribution in [1.82, 2.24) is 4.72 Å². The molecule has 0 heterocycles. The fourth-order valence-electron chi connectivity index (χ4n) is 3.64. The highest BCUT2D eigenvalue weighted by Crippen LogP contribution is 2.34. The number of benzene rings is 3. The average molecular weight is 526 g/mol. The second-order valence-corrected chi connectivity index (χ2v) is 10.0. The monoisotopic (exact) mass is 525 g/mol. The molecule has 0 aliphatic rings. The molecule has 0 aliphatic heterocycles. The number of ether oxygens (including phenoxy) is 1. The number of esters is 1. The third kappa shape index (κ3) is 6.33. The van der Waals surface area contributed by atoms with Gasteiger partial charge in [0.1, 0.15) is 0 Å². The van der Waals surface area contributed by atoms with E-state index in [-0.39, 0.29) is 11.5 Å². The van der Waals surface area contributed by atoms with Gasteiger partial charge in [0.25, 0.3) is 5.78 Å². The van der Waals surface area contributed by atoms with Crippen molar-refractivity contribution in [1.29, 1.82) is 0 Å². The molecular formula is C26H24ClN3O5S. The average Bonchev–Trinajstić information content (AvgIpc) is 2.85. The Morgan fingerprint density at radius 3 is 2.14 bits per heavy atom. The molecule has 2 unspecified atom stereocenters.